The quantitative estimate of drug-likeness (QED) is 0.870. The lowest BCUT2D eigenvalue weighted by Gasteiger charge is -2.16. The minimum absolute atomic E-state index is 0.175. The van der Waals surface area contributed by atoms with Crippen molar-refractivity contribution in [3.8, 4) is 0 Å². The molecule has 1 aromatic heterocycles. The van der Waals surface area contributed by atoms with Crippen LogP contribution in [0.25, 0.3) is 0 Å². The van der Waals surface area contributed by atoms with Gasteiger partial charge in [-0.25, -0.2) is 9.78 Å². The van der Waals surface area contributed by atoms with Gasteiger partial charge in [-0.1, -0.05) is 24.3 Å². The van der Waals surface area contributed by atoms with Crippen LogP contribution >= 0.6 is 0 Å². The van der Waals surface area contributed by atoms with E-state index in [2.05, 4.69) is 15.6 Å². The average molecular weight is 366 g/mol. The van der Waals surface area contributed by atoms with Crippen LogP contribution < -0.4 is 10.6 Å². The molecule has 1 saturated heterocycles. The van der Waals surface area contributed by atoms with Crippen LogP contribution in [0, 0.1) is 5.92 Å². The molecule has 1 fully saturated rings. The molecular weight excluding hydrogens is 344 g/mol. The molecule has 140 valence electrons. The normalized spacial score (nSPS) is 18.2. The second-order valence-electron chi connectivity index (χ2n) is 6.93. The van der Waals surface area contributed by atoms with E-state index < -0.39 is 0 Å². The summed E-state index contributed by atoms with van der Waals surface area (Å²) in [6, 6.07) is 11.2. The van der Waals surface area contributed by atoms with Gasteiger partial charge in [0.1, 0.15) is 5.69 Å². The van der Waals surface area contributed by atoms with Crippen molar-refractivity contribution in [3.05, 3.63) is 59.4 Å². The lowest BCUT2D eigenvalue weighted by molar-refractivity contribution is 0.0940. The molecule has 2 aliphatic rings. The van der Waals surface area contributed by atoms with E-state index in [4.69, 9.17) is 4.74 Å². The van der Waals surface area contributed by atoms with Gasteiger partial charge < -0.3 is 20.3 Å². The summed E-state index contributed by atoms with van der Waals surface area (Å²) < 4.78 is 5.30. The number of nitrogens with zero attached hydrogens (tertiary/aromatic N) is 2. The average Bonchev–Trinajstić information content (AvgIpc) is 3.36. The number of hydrogen-bond donors (Lipinski definition) is 2. The van der Waals surface area contributed by atoms with Crippen LogP contribution in [0.5, 0.6) is 0 Å². The van der Waals surface area contributed by atoms with E-state index in [1.165, 1.54) is 17.3 Å². The first-order valence-corrected chi connectivity index (χ1v) is 9.14. The third-order valence-corrected chi connectivity index (χ3v) is 4.95. The number of anilines is 1. The SMILES string of the molecule is O=C(NCC1CCOC1)c1ccc(NC(=O)N2Cc3ccccc3C2)cn1. The van der Waals surface area contributed by atoms with Gasteiger partial charge in [0, 0.05) is 32.2 Å². The maximum atomic E-state index is 12.4. The zero-order valence-electron chi connectivity index (χ0n) is 15.0. The number of rotatable bonds is 4. The highest BCUT2D eigenvalue weighted by Gasteiger charge is 2.23. The smallest absolute Gasteiger partial charge is 0.322 e. The fraction of sp³-hybridized carbons (Fsp3) is 0.350. The number of benzene rings is 1. The molecule has 2 aliphatic heterocycles. The van der Waals surface area contributed by atoms with Gasteiger partial charge in [0.2, 0.25) is 0 Å². The van der Waals surface area contributed by atoms with Gasteiger partial charge in [-0.3, -0.25) is 4.79 Å². The van der Waals surface area contributed by atoms with Crippen LogP contribution in [-0.2, 0) is 17.8 Å². The van der Waals surface area contributed by atoms with Crippen LogP contribution in [-0.4, -0.2) is 41.6 Å². The molecule has 1 unspecified atom stereocenters. The van der Waals surface area contributed by atoms with E-state index in [0.717, 1.165) is 13.0 Å². The largest absolute Gasteiger partial charge is 0.381 e. The fourth-order valence-corrected chi connectivity index (χ4v) is 3.35. The molecule has 1 atom stereocenters. The standard InChI is InChI=1S/C20H22N4O3/c25-19(22-9-14-7-8-27-13-14)18-6-5-17(10-21-18)23-20(26)24-11-15-3-1-2-4-16(15)12-24/h1-6,10,14H,7-9,11-13H2,(H,22,25)(H,23,26). The van der Waals surface area contributed by atoms with Crippen molar-refractivity contribution < 1.29 is 14.3 Å². The van der Waals surface area contributed by atoms with Gasteiger partial charge >= 0.3 is 6.03 Å². The van der Waals surface area contributed by atoms with E-state index in [0.29, 0.717) is 43.5 Å². The molecular formula is C20H22N4O3. The molecule has 3 amide bonds. The first-order valence-electron chi connectivity index (χ1n) is 9.14. The number of urea groups is 1. The van der Waals surface area contributed by atoms with Crippen molar-refractivity contribution >= 4 is 17.6 Å². The molecule has 4 rings (SSSR count). The summed E-state index contributed by atoms with van der Waals surface area (Å²) in [4.78, 5) is 30.5. The lowest BCUT2D eigenvalue weighted by Crippen LogP contribution is -2.31. The highest BCUT2D eigenvalue weighted by Crippen LogP contribution is 2.23. The van der Waals surface area contributed by atoms with Crippen molar-refractivity contribution in [2.75, 3.05) is 25.1 Å². The summed E-state index contributed by atoms with van der Waals surface area (Å²) in [6.45, 7) is 3.24. The van der Waals surface area contributed by atoms with Gasteiger partial charge in [-0.15, -0.1) is 0 Å². The number of hydrogen-bond acceptors (Lipinski definition) is 4. The van der Waals surface area contributed by atoms with E-state index in [-0.39, 0.29) is 11.9 Å². The Labute approximate surface area is 157 Å². The van der Waals surface area contributed by atoms with E-state index in [1.807, 2.05) is 24.3 Å². The summed E-state index contributed by atoms with van der Waals surface area (Å²) in [5.41, 5.74) is 3.24. The first kappa shape index (κ1) is 17.5. The highest BCUT2D eigenvalue weighted by atomic mass is 16.5. The Bertz CT molecular complexity index is 806. The molecule has 2 aromatic rings. The van der Waals surface area contributed by atoms with Gasteiger partial charge in [0.25, 0.3) is 5.91 Å². The Morgan fingerprint density at radius 3 is 2.56 bits per heavy atom. The molecule has 0 saturated carbocycles. The van der Waals surface area contributed by atoms with Crippen molar-refractivity contribution in [3.63, 3.8) is 0 Å². The van der Waals surface area contributed by atoms with Crippen molar-refractivity contribution in [1.82, 2.24) is 15.2 Å². The molecule has 0 bridgehead atoms. The summed E-state index contributed by atoms with van der Waals surface area (Å²) in [5.74, 6) is 0.159. The fourth-order valence-electron chi connectivity index (χ4n) is 3.35. The molecule has 1 aromatic carbocycles. The van der Waals surface area contributed by atoms with Crippen LogP contribution in [0.1, 0.15) is 28.0 Å². The third kappa shape index (κ3) is 4.09. The topological polar surface area (TPSA) is 83.6 Å². The number of nitrogens with one attached hydrogen (secondary N) is 2. The number of ether oxygens (including phenoxy) is 1. The number of carbonyl (C=O) groups is 2. The Balaban J connectivity index is 1.30. The highest BCUT2D eigenvalue weighted by molar-refractivity contribution is 5.93. The lowest BCUT2D eigenvalue weighted by atomic mass is 10.1. The molecule has 27 heavy (non-hydrogen) atoms. The van der Waals surface area contributed by atoms with Crippen molar-refractivity contribution in [2.24, 2.45) is 5.92 Å². The summed E-state index contributed by atoms with van der Waals surface area (Å²) >= 11 is 0. The zero-order chi connectivity index (χ0) is 18.6. The van der Waals surface area contributed by atoms with Gasteiger partial charge in [-0.05, 0) is 29.7 Å². The van der Waals surface area contributed by atoms with Crippen molar-refractivity contribution in [2.45, 2.75) is 19.5 Å². The maximum absolute atomic E-state index is 12.4. The summed E-state index contributed by atoms with van der Waals surface area (Å²) in [6.07, 6.45) is 2.48. The first-order chi connectivity index (χ1) is 13.2. The Kier molecular flexibility index (Phi) is 5.02. The van der Waals surface area contributed by atoms with Gasteiger partial charge in [-0.2, -0.15) is 0 Å². The van der Waals surface area contributed by atoms with Crippen LogP contribution in [0.4, 0.5) is 10.5 Å². The number of fused-ring (bicyclic) bond motifs is 1. The van der Waals surface area contributed by atoms with Crippen LogP contribution in [0.2, 0.25) is 0 Å². The second-order valence-corrected chi connectivity index (χ2v) is 6.93. The zero-order valence-corrected chi connectivity index (χ0v) is 15.0. The predicted molar refractivity (Wildman–Crippen MR) is 100 cm³/mol. The minimum atomic E-state index is -0.213. The summed E-state index contributed by atoms with van der Waals surface area (Å²) in [5, 5.41) is 5.72. The number of carbonyl (C=O) groups excluding carboxylic acids is 2. The molecule has 2 N–H and O–H groups in total. The number of aromatic nitrogens is 1. The predicted octanol–water partition coefficient (Wildman–Crippen LogP) is 2.40. The van der Waals surface area contributed by atoms with E-state index >= 15 is 0 Å². The molecule has 7 heteroatoms. The van der Waals surface area contributed by atoms with Crippen molar-refractivity contribution in [1.29, 1.82) is 0 Å². The van der Waals surface area contributed by atoms with Gasteiger partial charge in [0.15, 0.2) is 0 Å². The third-order valence-electron chi connectivity index (χ3n) is 4.95. The number of pyridine rings is 1. The maximum Gasteiger partial charge on any atom is 0.322 e. The molecule has 0 spiro atoms. The Morgan fingerprint density at radius 2 is 1.93 bits per heavy atom. The van der Waals surface area contributed by atoms with E-state index in [9.17, 15) is 9.59 Å². The Morgan fingerprint density at radius 1 is 1.15 bits per heavy atom. The second kappa shape index (κ2) is 7.75. The molecule has 0 aliphatic carbocycles. The van der Waals surface area contributed by atoms with Crippen LogP contribution in [0.15, 0.2) is 42.6 Å². The Hall–Kier alpha value is -2.93. The molecule has 7 nitrogen and oxygen atoms in total. The van der Waals surface area contributed by atoms with Crippen LogP contribution in [0.3, 0.4) is 0 Å². The monoisotopic (exact) mass is 366 g/mol. The van der Waals surface area contributed by atoms with Gasteiger partial charge in [0.05, 0.1) is 18.5 Å². The van der Waals surface area contributed by atoms with E-state index in [1.54, 1.807) is 17.0 Å². The summed E-state index contributed by atoms with van der Waals surface area (Å²) in [7, 11) is 0. The number of amides is 3. The minimum Gasteiger partial charge on any atom is -0.381 e. The molecule has 0 radical (unpaired) electrons. The molecule has 3 heterocycles.